The number of nitriles is 1. The molecule has 4 aromatic rings. The summed E-state index contributed by atoms with van der Waals surface area (Å²) < 4.78 is 1.86. The minimum absolute atomic E-state index is 0.681. The highest BCUT2D eigenvalue weighted by Crippen LogP contribution is 2.24. The van der Waals surface area contributed by atoms with Crippen molar-refractivity contribution in [2.45, 2.75) is 26.8 Å². The van der Waals surface area contributed by atoms with Gasteiger partial charge in [-0.2, -0.15) is 14.9 Å². The average molecular weight is 367 g/mol. The van der Waals surface area contributed by atoms with Crippen LogP contribution in [-0.4, -0.2) is 14.6 Å². The number of aromatic nitrogens is 3. The van der Waals surface area contributed by atoms with E-state index in [0.717, 1.165) is 45.8 Å². The second-order valence-corrected chi connectivity index (χ2v) is 6.75. The van der Waals surface area contributed by atoms with Crippen molar-refractivity contribution in [3.63, 3.8) is 0 Å². The fourth-order valence-corrected chi connectivity index (χ4v) is 3.33. The summed E-state index contributed by atoms with van der Waals surface area (Å²) in [6, 6.07) is 20.2. The molecule has 5 heteroatoms. The Hall–Kier alpha value is -3.65. The van der Waals surface area contributed by atoms with Crippen LogP contribution in [0.5, 0.6) is 0 Å². The van der Waals surface area contributed by atoms with Crippen molar-refractivity contribution in [2.24, 2.45) is 0 Å². The second kappa shape index (κ2) is 7.53. The number of hydrogen-bond acceptors (Lipinski definition) is 4. The van der Waals surface area contributed by atoms with Crippen LogP contribution >= 0.6 is 0 Å². The molecule has 0 saturated carbocycles. The van der Waals surface area contributed by atoms with Gasteiger partial charge in [-0.25, -0.2) is 4.98 Å². The van der Waals surface area contributed by atoms with Crippen molar-refractivity contribution in [1.82, 2.24) is 14.6 Å². The molecule has 0 saturated heterocycles. The molecule has 2 aromatic carbocycles. The summed E-state index contributed by atoms with van der Waals surface area (Å²) in [5.41, 5.74) is 6.87. The van der Waals surface area contributed by atoms with Gasteiger partial charge in [-0.05, 0) is 36.1 Å². The van der Waals surface area contributed by atoms with Gasteiger partial charge in [0.25, 0.3) is 0 Å². The quantitative estimate of drug-likeness (QED) is 0.553. The first kappa shape index (κ1) is 17.7. The van der Waals surface area contributed by atoms with Gasteiger partial charge >= 0.3 is 0 Å². The summed E-state index contributed by atoms with van der Waals surface area (Å²) in [6.45, 7) is 4.79. The molecule has 0 spiro atoms. The maximum absolute atomic E-state index is 9.30. The first-order chi connectivity index (χ1) is 13.7. The van der Waals surface area contributed by atoms with Gasteiger partial charge < -0.3 is 5.32 Å². The number of nitrogens with zero attached hydrogens (tertiary/aromatic N) is 4. The lowest BCUT2D eigenvalue weighted by molar-refractivity contribution is 0.916. The highest BCUT2D eigenvalue weighted by molar-refractivity contribution is 5.70. The van der Waals surface area contributed by atoms with E-state index in [-0.39, 0.29) is 0 Å². The average Bonchev–Trinajstić information content (AvgIpc) is 3.15. The Balaban J connectivity index is 1.56. The van der Waals surface area contributed by atoms with Gasteiger partial charge in [-0.15, -0.1) is 0 Å². The molecule has 0 aliphatic rings. The number of fused-ring (bicyclic) bond motifs is 1. The van der Waals surface area contributed by atoms with E-state index in [1.807, 2.05) is 48.0 Å². The molecule has 5 nitrogen and oxygen atoms in total. The van der Waals surface area contributed by atoms with Crippen LogP contribution in [0.2, 0.25) is 0 Å². The van der Waals surface area contributed by atoms with E-state index < -0.39 is 0 Å². The number of rotatable bonds is 5. The molecule has 2 heterocycles. The molecule has 0 bridgehead atoms. The van der Waals surface area contributed by atoms with Crippen molar-refractivity contribution in [3.05, 3.63) is 83.2 Å². The first-order valence-electron chi connectivity index (χ1n) is 9.36. The molecular weight excluding hydrogens is 346 g/mol. The summed E-state index contributed by atoms with van der Waals surface area (Å²) in [5, 5.41) is 17.2. The van der Waals surface area contributed by atoms with E-state index in [0.29, 0.717) is 12.1 Å². The van der Waals surface area contributed by atoms with Crippen molar-refractivity contribution in [3.8, 4) is 17.2 Å². The van der Waals surface area contributed by atoms with Crippen LogP contribution in [0, 0.1) is 18.3 Å². The predicted molar refractivity (Wildman–Crippen MR) is 111 cm³/mol. The summed E-state index contributed by atoms with van der Waals surface area (Å²) >= 11 is 0. The minimum atomic E-state index is 0.681. The molecule has 0 atom stereocenters. The number of benzene rings is 2. The molecule has 138 valence electrons. The maximum Gasteiger partial charge on any atom is 0.160 e. The van der Waals surface area contributed by atoms with Gasteiger partial charge in [0, 0.05) is 23.9 Å². The van der Waals surface area contributed by atoms with E-state index in [2.05, 4.69) is 52.7 Å². The standard InChI is InChI=1S/C23H21N5/c1-3-18-15-26-28-22(12-16(2)27-23(18)28)25-14-17-8-10-19(11-9-17)21-7-5-4-6-20(21)13-24/h4-12,15,25H,3,14H2,1-2H3. The van der Waals surface area contributed by atoms with Gasteiger partial charge in [-0.1, -0.05) is 49.4 Å². The molecule has 1 N–H and O–H groups in total. The first-order valence-corrected chi connectivity index (χ1v) is 9.36. The summed E-state index contributed by atoms with van der Waals surface area (Å²) in [6.07, 6.45) is 2.79. The van der Waals surface area contributed by atoms with E-state index in [9.17, 15) is 5.26 Å². The molecular formula is C23H21N5. The Morgan fingerprint density at radius 2 is 1.89 bits per heavy atom. The fourth-order valence-electron chi connectivity index (χ4n) is 3.33. The monoisotopic (exact) mass is 367 g/mol. The van der Waals surface area contributed by atoms with Gasteiger partial charge in [0.2, 0.25) is 0 Å². The Bertz CT molecular complexity index is 1170. The molecule has 0 radical (unpaired) electrons. The maximum atomic E-state index is 9.30. The van der Waals surface area contributed by atoms with Crippen molar-refractivity contribution < 1.29 is 0 Å². The second-order valence-electron chi connectivity index (χ2n) is 6.75. The third-order valence-electron chi connectivity index (χ3n) is 4.84. The van der Waals surface area contributed by atoms with Crippen LogP contribution in [0.15, 0.2) is 60.8 Å². The SMILES string of the molecule is CCc1cnn2c(NCc3ccc(-c4ccccc4C#N)cc3)cc(C)nc12. The fraction of sp³-hybridized carbons (Fsp3) is 0.174. The molecule has 0 aliphatic heterocycles. The van der Waals surface area contributed by atoms with E-state index in [1.54, 1.807) is 0 Å². The third kappa shape index (κ3) is 3.33. The number of aryl methyl sites for hydroxylation is 2. The van der Waals surface area contributed by atoms with Crippen LogP contribution in [-0.2, 0) is 13.0 Å². The zero-order chi connectivity index (χ0) is 19.5. The molecule has 0 amide bonds. The van der Waals surface area contributed by atoms with E-state index >= 15 is 0 Å². The van der Waals surface area contributed by atoms with Gasteiger partial charge in [0.15, 0.2) is 5.65 Å². The Labute approximate surface area is 164 Å². The van der Waals surface area contributed by atoms with Crippen LogP contribution in [0.25, 0.3) is 16.8 Å². The number of hydrogen-bond donors (Lipinski definition) is 1. The van der Waals surface area contributed by atoms with Crippen molar-refractivity contribution in [2.75, 3.05) is 5.32 Å². The topological polar surface area (TPSA) is 66.0 Å². The third-order valence-corrected chi connectivity index (χ3v) is 4.84. The molecule has 0 aliphatic carbocycles. The van der Waals surface area contributed by atoms with Crippen molar-refractivity contribution in [1.29, 1.82) is 5.26 Å². The number of nitrogens with one attached hydrogen (secondary N) is 1. The number of anilines is 1. The lowest BCUT2D eigenvalue weighted by atomic mass is 9.99. The van der Waals surface area contributed by atoms with Gasteiger partial charge in [-0.3, -0.25) is 0 Å². The predicted octanol–water partition coefficient (Wildman–Crippen LogP) is 4.75. The minimum Gasteiger partial charge on any atom is -0.366 e. The van der Waals surface area contributed by atoms with E-state index in [4.69, 9.17) is 0 Å². The van der Waals surface area contributed by atoms with Crippen LogP contribution in [0.1, 0.15) is 29.3 Å². The smallest absolute Gasteiger partial charge is 0.160 e. The molecule has 2 aromatic heterocycles. The lowest BCUT2D eigenvalue weighted by Crippen LogP contribution is -2.07. The zero-order valence-electron chi connectivity index (χ0n) is 16.0. The molecule has 0 fully saturated rings. The van der Waals surface area contributed by atoms with Crippen LogP contribution in [0.4, 0.5) is 5.82 Å². The molecule has 0 unspecified atom stereocenters. The molecule has 4 rings (SSSR count). The van der Waals surface area contributed by atoms with Crippen LogP contribution in [0.3, 0.4) is 0 Å². The van der Waals surface area contributed by atoms with Gasteiger partial charge in [0.1, 0.15) is 5.82 Å². The highest BCUT2D eigenvalue weighted by Gasteiger charge is 2.09. The van der Waals surface area contributed by atoms with E-state index in [1.165, 1.54) is 0 Å². The van der Waals surface area contributed by atoms with Crippen molar-refractivity contribution >= 4 is 11.5 Å². The van der Waals surface area contributed by atoms with Crippen LogP contribution < -0.4 is 5.32 Å². The Morgan fingerprint density at radius 1 is 1.11 bits per heavy atom. The summed E-state index contributed by atoms with van der Waals surface area (Å²) in [7, 11) is 0. The largest absolute Gasteiger partial charge is 0.366 e. The van der Waals surface area contributed by atoms with Gasteiger partial charge in [0.05, 0.1) is 17.8 Å². The normalized spacial score (nSPS) is 10.8. The Morgan fingerprint density at radius 3 is 2.64 bits per heavy atom. The highest BCUT2D eigenvalue weighted by atomic mass is 15.3. The Kier molecular flexibility index (Phi) is 4.77. The zero-order valence-corrected chi connectivity index (χ0v) is 16.0. The molecule has 28 heavy (non-hydrogen) atoms. The lowest BCUT2D eigenvalue weighted by Gasteiger charge is -2.11. The summed E-state index contributed by atoms with van der Waals surface area (Å²) in [4.78, 5) is 4.62. The summed E-state index contributed by atoms with van der Waals surface area (Å²) in [5.74, 6) is 0.932.